The SMILES string of the molecule is COc1ccc(C(=O)C2CCCN(Cc3c(OC)cccc3OC)C2)cc1OC. The Bertz CT molecular complexity index is 829. The van der Waals surface area contributed by atoms with Gasteiger partial charge in [0.2, 0.25) is 0 Å². The maximum Gasteiger partial charge on any atom is 0.167 e. The summed E-state index contributed by atoms with van der Waals surface area (Å²) >= 11 is 0. The number of rotatable bonds is 8. The third-order valence-corrected chi connectivity index (χ3v) is 5.46. The predicted molar refractivity (Wildman–Crippen MR) is 111 cm³/mol. The summed E-state index contributed by atoms with van der Waals surface area (Å²) in [5, 5.41) is 0. The molecular weight excluding hydrogens is 370 g/mol. The summed E-state index contributed by atoms with van der Waals surface area (Å²) in [4.78, 5) is 15.4. The summed E-state index contributed by atoms with van der Waals surface area (Å²) < 4.78 is 21.7. The number of hydrogen-bond donors (Lipinski definition) is 0. The molecule has 1 heterocycles. The number of methoxy groups -OCH3 is 4. The monoisotopic (exact) mass is 399 g/mol. The van der Waals surface area contributed by atoms with Crippen molar-refractivity contribution in [1.82, 2.24) is 4.90 Å². The molecular formula is C23H29NO5. The lowest BCUT2D eigenvalue weighted by atomic mass is 9.89. The molecule has 2 aromatic rings. The van der Waals surface area contributed by atoms with Crippen molar-refractivity contribution in [2.24, 2.45) is 5.92 Å². The van der Waals surface area contributed by atoms with Crippen LogP contribution in [-0.4, -0.2) is 52.2 Å². The molecule has 1 atom stereocenters. The molecule has 1 aliphatic heterocycles. The fourth-order valence-electron chi connectivity index (χ4n) is 3.95. The minimum Gasteiger partial charge on any atom is -0.496 e. The number of ether oxygens (including phenoxy) is 4. The van der Waals surface area contributed by atoms with Crippen LogP contribution in [0.25, 0.3) is 0 Å². The molecule has 0 amide bonds. The molecule has 29 heavy (non-hydrogen) atoms. The molecule has 1 unspecified atom stereocenters. The van der Waals surface area contributed by atoms with Gasteiger partial charge in [-0.1, -0.05) is 6.07 Å². The van der Waals surface area contributed by atoms with Gasteiger partial charge in [-0.3, -0.25) is 9.69 Å². The van der Waals surface area contributed by atoms with Gasteiger partial charge < -0.3 is 18.9 Å². The van der Waals surface area contributed by atoms with Gasteiger partial charge in [0.1, 0.15) is 11.5 Å². The van der Waals surface area contributed by atoms with Gasteiger partial charge in [-0.2, -0.15) is 0 Å². The normalized spacial score (nSPS) is 16.9. The summed E-state index contributed by atoms with van der Waals surface area (Å²) in [5.41, 5.74) is 1.67. The van der Waals surface area contributed by atoms with E-state index < -0.39 is 0 Å². The van der Waals surface area contributed by atoms with Crippen LogP contribution in [0, 0.1) is 5.92 Å². The fraction of sp³-hybridized carbons (Fsp3) is 0.435. The van der Waals surface area contributed by atoms with Gasteiger partial charge >= 0.3 is 0 Å². The van der Waals surface area contributed by atoms with Gasteiger partial charge in [-0.05, 0) is 49.7 Å². The number of ketones is 1. The largest absolute Gasteiger partial charge is 0.496 e. The number of carbonyl (C=O) groups is 1. The molecule has 3 rings (SSSR count). The lowest BCUT2D eigenvalue weighted by Crippen LogP contribution is -2.38. The second-order valence-corrected chi connectivity index (χ2v) is 7.15. The van der Waals surface area contributed by atoms with E-state index in [0.717, 1.165) is 36.4 Å². The van der Waals surface area contributed by atoms with E-state index in [0.29, 0.717) is 30.2 Å². The van der Waals surface area contributed by atoms with Crippen molar-refractivity contribution in [2.75, 3.05) is 41.5 Å². The molecule has 0 bridgehead atoms. The van der Waals surface area contributed by atoms with E-state index in [2.05, 4.69) is 4.90 Å². The molecule has 2 aromatic carbocycles. The molecule has 6 heteroatoms. The van der Waals surface area contributed by atoms with E-state index >= 15 is 0 Å². The highest BCUT2D eigenvalue weighted by molar-refractivity contribution is 5.98. The molecule has 0 spiro atoms. The van der Waals surface area contributed by atoms with Crippen LogP contribution < -0.4 is 18.9 Å². The highest BCUT2D eigenvalue weighted by atomic mass is 16.5. The van der Waals surface area contributed by atoms with Crippen molar-refractivity contribution in [3.8, 4) is 23.0 Å². The van der Waals surface area contributed by atoms with E-state index in [1.807, 2.05) is 24.3 Å². The Kier molecular flexibility index (Phi) is 6.99. The number of carbonyl (C=O) groups excluding carboxylic acids is 1. The molecule has 1 fully saturated rings. The van der Waals surface area contributed by atoms with Gasteiger partial charge in [-0.15, -0.1) is 0 Å². The first-order chi connectivity index (χ1) is 14.1. The van der Waals surface area contributed by atoms with Crippen molar-refractivity contribution >= 4 is 5.78 Å². The zero-order valence-corrected chi connectivity index (χ0v) is 17.6. The van der Waals surface area contributed by atoms with E-state index in [9.17, 15) is 4.79 Å². The molecule has 6 nitrogen and oxygen atoms in total. The van der Waals surface area contributed by atoms with Crippen LogP contribution in [-0.2, 0) is 6.54 Å². The van der Waals surface area contributed by atoms with Crippen LogP contribution >= 0.6 is 0 Å². The van der Waals surface area contributed by atoms with Crippen LogP contribution in [0.1, 0.15) is 28.8 Å². The fourth-order valence-corrected chi connectivity index (χ4v) is 3.95. The zero-order valence-electron chi connectivity index (χ0n) is 17.6. The first-order valence-corrected chi connectivity index (χ1v) is 9.79. The summed E-state index contributed by atoms with van der Waals surface area (Å²) in [6.45, 7) is 2.33. The first-order valence-electron chi connectivity index (χ1n) is 9.79. The number of likely N-dealkylation sites (tertiary alicyclic amines) is 1. The minimum absolute atomic E-state index is 0.0532. The van der Waals surface area contributed by atoms with Crippen LogP contribution in [0.3, 0.4) is 0 Å². The smallest absolute Gasteiger partial charge is 0.167 e. The van der Waals surface area contributed by atoms with Gasteiger partial charge in [-0.25, -0.2) is 0 Å². The molecule has 0 saturated carbocycles. The molecule has 0 N–H and O–H groups in total. The Balaban J connectivity index is 1.75. The van der Waals surface area contributed by atoms with Crippen molar-refractivity contribution in [3.05, 3.63) is 47.5 Å². The summed E-state index contributed by atoms with van der Waals surface area (Å²) in [5.74, 6) is 2.89. The Morgan fingerprint density at radius 2 is 1.59 bits per heavy atom. The predicted octanol–water partition coefficient (Wildman–Crippen LogP) is 3.82. The van der Waals surface area contributed by atoms with Gasteiger partial charge in [0.15, 0.2) is 17.3 Å². The lowest BCUT2D eigenvalue weighted by Gasteiger charge is -2.32. The number of hydrogen-bond acceptors (Lipinski definition) is 6. The Morgan fingerprint density at radius 1 is 0.931 bits per heavy atom. The summed E-state index contributed by atoms with van der Waals surface area (Å²) in [7, 11) is 6.50. The standard InChI is InChI=1S/C23H29NO5/c1-26-19-8-5-9-20(27-2)18(19)15-24-12-6-7-17(14-24)23(25)16-10-11-21(28-3)22(13-16)29-4/h5,8-11,13,17H,6-7,12,14-15H2,1-4H3. The highest BCUT2D eigenvalue weighted by Gasteiger charge is 2.28. The van der Waals surface area contributed by atoms with Crippen LogP contribution in [0.5, 0.6) is 23.0 Å². The Labute approximate surface area is 172 Å². The van der Waals surface area contributed by atoms with E-state index in [-0.39, 0.29) is 11.7 Å². The average Bonchev–Trinajstić information content (AvgIpc) is 2.78. The van der Waals surface area contributed by atoms with E-state index in [4.69, 9.17) is 18.9 Å². The summed E-state index contributed by atoms with van der Waals surface area (Å²) in [6.07, 6.45) is 1.86. The van der Waals surface area contributed by atoms with Crippen molar-refractivity contribution in [3.63, 3.8) is 0 Å². The molecule has 0 radical (unpaired) electrons. The van der Waals surface area contributed by atoms with Gasteiger partial charge in [0.25, 0.3) is 0 Å². The van der Waals surface area contributed by atoms with Crippen LogP contribution in [0.4, 0.5) is 0 Å². The second kappa shape index (κ2) is 9.65. The maximum absolute atomic E-state index is 13.1. The second-order valence-electron chi connectivity index (χ2n) is 7.15. The molecule has 1 saturated heterocycles. The average molecular weight is 399 g/mol. The van der Waals surface area contributed by atoms with Crippen molar-refractivity contribution in [1.29, 1.82) is 0 Å². The topological polar surface area (TPSA) is 57.2 Å². The molecule has 156 valence electrons. The number of piperidine rings is 1. The molecule has 1 aliphatic rings. The third-order valence-electron chi connectivity index (χ3n) is 5.46. The quantitative estimate of drug-likeness (QED) is 0.629. The summed E-state index contributed by atoms with van der Waals surface area (Å²) in [6, 6.07) is 11.2. The highest BCUT2D eigenvalue weighted by Crippen LogP contribution is 2.33. The lowest BCUT2D eigenvalue weighted by molar-refractivity contribution is 0.0809. The van der Waals surface area contributed by atoms with Gasteiger partial charge in [0.05, 0.1) is 34.0 Å². The zero-order chi connectivity index (χ0) is 20.8. The van der Waals surface area contributed by atoms with Gasteiger partial charge in [0, 0.05) is 24.6 Å². The van der Waals surface area contributed by atoms with Crippen LogP contribution in [0.15, 0.2) is 36.4 Å². The van der Waals surface area contributed by atoms with Crippen molar-refractivity contribution in [2.45, 2.75) is 19.4 Å². The minimum atomic E-state index is -0.0532. The van der Waals surface area contributed by atoms with E-state index in [1.54, 1.807) is 40.6 Å². The molecule has 0 aliphatic carbocycles. The number of Topliss-reactive ketones (excluding diaryl/α,β-unsaturated/α-hetero) is 1. The maximum atomic E-state index is 13.1. The number of benzene rings is 2. The van der Waals surface area contributed by atoms with Crippen molar-refractivity contribution < 1.29 is 23.7 Å². The Morgan fingerprint density at radius 3 is 2.21 bits per heavy atom. The van der Waals surface area contributed by atoms with Crippen LogP contribution in [0.2, 0.25) is 0 Å². The number of nitrogens with zero attached hydrogens (tertiary/aromatic N) is 1. The first kappa shape index (κ1) is 21.0. The van der Waals surface area contributed by atoms with E-state index in [1.165, 1.54) is 0 Å². The Hall–Kier alpha value is -2.73. The molecule has 0 aromatic heterocycles. The third kappa shape index (κ3) is 4.65.